The normalized spacial score (nSPS) is 32.0. The molecule has 152 valence electrons. The van der Waals surface area contributed by atoms with Crippen LogP contribution in [0.3, 0.4) is 0 Å². The number of halogens is 2. The van der Waals surface area contributed by atoms with Gasteiger partial charge in [0.05, 0.1) is 17.5 Å². The van der Waals surface area contributed by atoms with Crippen molar-refractivity contribution in [3.63, 3.8) is 0 Å². The summed E-state index contributed by atoms with van der Waals surface area (Å²) in [5.74, 6) is -2.19. The van der Waals surface area contributed by atoms with E-state index in [0.717, 1.165) is 12.8 Å². The Kier molecular flexibility index (Phi) is 3.71. The lowest BCUT2D eigenvalue weighted by Gasteiger charge is -2.36. The highest BCUT2D eigenvalue weighted by molar-refractivity contribution is 6.32. The zero-order valence-electron chi connectivity index (χ0n) is 15.8. The SMILES string of the molecule is O=C1[C@H]2[C@H]3CCCN3[C@]3(C(=O)Nc4ccc(Cl)cc43)[C@@H]2C(=O)N1c1ccc(Cl)cc1. The van der Waals surface area contributed by atoms with Gasteiger partial charge in [-0.05, 0) is 61.9 Å². The van der Waals surface area contributed by atoms with E-state index >= 15 is 0 Å². The number of anilines is 2. The third-order valence-corrected chi connectivity index (χ3v) is 7.53. The molecule has 2 aromatic rings. The molecule has 3 saturated heterocycles. The summed E-state index contributed by atoms with van der Waals surface area (Å²) in [5, 5.41) is 3.96. The molecule has 4 heterocycles. The molecular weight excluding hydrogens is 425 g/mol. The molecule has 30 heavy (non-hydrogen) atoms. The number of imide groups is 1. The molecule has 4 atom stereocenters. The fraction of sp³-hybridized carbons (Fsp3) is 0.318. The number of amides is 3. The van der Waals surface area contributed by atoms with Gasteiger partial charge in [-0.3, -0.25) is 19.3 Å². The minimum Gasteiger partial charge on any atom is -0.324 e. The molecule has 0 aromatic heterocycles. The largest absolute Gasteiger partial charge is 0.324 e. The van der Waals surface area contributed by atoms with Gasteiger partial charge in [0.2, 0.25) is 17.7 Å². The summed E-state index contributed by atoms with van der Waals surface area (Å²) in [6, 6.07) is 11.7. The average molecular weight is 442 g/mol. The highest BCUT2D eigenvalue weighted by Gasteiger charge is 2.74. The van der Waals surface area contributed by atoms with Gasteiger partial charge in [-0.1, -0.05) is 23.2 Å². The Labute approximate surface area is 182 Å². The molecule has 2 aromatic carbocycles. The van der Waals surface area contributed by atoms with Gasteiger partial charge in [-0.25, -0.2) is 4.90 Å². The third kappa shape index (κ3) is 2.06. The van der Waals surface area contributed by atoms with Gasteiger partial charge in [-0.2, -0.15) is 0 Å². The molecule has 4 aliphatic heterocycles. The van der Waals surface area contributed by atoms with E-state index < -0.39 is 17.4 Å². The van der Waals surface area contributed by atoms with E-state index in [9.17, 15) is 14.4 Å². The number of carbonyl (C=O) groups is 3. The Balaban J connectivity index is 1.56. The van der Waals surface area contributed by atoms with Gasteiger partial charge in [0.25, 0.3) is 0 Å². The number of nitrogens with zero attached hydrogens (tertiary/aromatic N) is 2. The average Bonchev–Trinajstić information content (AvgIpc) is 3.42. The van der Waals surface area contributed by atoms with Crippen LogP contribution in [0.25, 0.3) is 0 Å². The first-order valence-electron chi connectivity index (χ1n) is 9.96. The summed E-state index contributed by atoms with van der Waals surface area (Å²) in [6.45, 7) is 0.665. The highest BCUT2D eigenvalue weighted by Crippen LogP contribution is 2.60. The zero-order valence-corrected chi connectivity index (χ0v) is 17.3. The summed E-state index contributed by atoms with van der Waals surface area (Å²) in [7, 11) is 0. The molecule has 0 bridgehead atoms. The van der Waals surface area contributed by atoms with Crippen molar-refractivity contribution in [1.29, 1.82) is 0 Å². The zero-order chi connectivity index (χ0) is 20.8. The first-order chi connectivity index (χ1) is 14.4. The molecule has 3 fully saturated rings. The van der Waals surface area contributed by atoms with Crippen molar-refractivity contribution in [2.24, 2.45) is 11.8 Å². The Morgan fingerprint density at radius 2 is 1.70 bits per heavy atom. The maximum Gasteiger partial charge on any atom is 0.250 e. The first-order valence-corrected chi connectivity index (χ1v) is 10.7. The van der Waals surface area contributed by atoms with E-state index in [1.165, 1.54) is 4.90 Å². The Morgan fingerprint density at radius 3 is 2.47 bits per heavy atom. The lowest BCUT2D eigenvalue weighted by molar-refractivity contribution is -0.135. The summed E-state index contributed by atoms with van der Waals surface area (Å²) in [6.07, 6.45) is 1.65. The van der Waals surface area contributed by atoms with Crippen molar-refractivity contribution >= 4 is 52.3 Å². The smallest absolute Gasteiger partial charge is 0.250 e. The van der Waals surface area contributed by atoms with Gasteiger partial charge in [0.15, 0.2) is 0 Å². The van der Waals surface area contributed by atoms with E-state index in [2.05, 4.69) is 10.2 Å². The van der Waals surface area contributed by atoms with Gasteiger partial charge in [0, 0.05) is 27.3 Å². The lowest BCUT2D eigenvalue weighted by atomic mass is 9.75. The van der Waals surface area contributed by atoms with E-state index in [-0.39, 0.29) is 23.8 Å². The molecule has 1 N–H and O–H groups in total. The molecule has 0 aliphatic carbocycles. The van der Waals surface area contributed by atoms with Gasteiger partial charge < -0.3 is 5.32 Å². The molecular formula is C22H17Cl2N3O3. The van der Waals surface area contributed by atoms with E-state index in [1.807, 2.05) is 0 Å². The molecule has 6 rings (SSSR count). The van der Waals surface area contributed by atoms with Crippen LogP contribution in [0.2, 0.25) is 10.0 Å². The van der Waals surface area contributed by atoms with Crippen molar-refractivity contribution in [3.8, 4) is 0 Å². The molecule has 3 amide bonds. The Hall–Kier alpha value is -2.41. The van der Waals surface area contributed by atoms with Crippen LogP contribution in [-0.2, 0) is 19.9 Å². The number of rotatable bonds is 1. The topological polar surface area (TPSA) is 69.7 Å². The number of benzene rings is 2. The van der Waals surface area contributed by atoms with Gasteiger partial charge in [0.1, 0.15) is 5.54 Å². The van der Waals surface area contributed by atoms with E-state index in [1.54, 1.807) is 42.5 Å². The second-order valence-electron chi connectivity index (χ2n) is 8.31. The van der Waals surface area contributed by atoms with Crippen LogP contribution in [0, 0.1) is 11.8 Å². The first kappa shape index (κ1) is 18.4. The summed E-state index contributed by atoms with van der Waals surface area (Å²) in [4.78, 5) is 44.1. The Morgan fingerprint density at radius 1 is 0.967 bits per heavy atom. The second-order valence-corrected chi connectivity index (χ2v) is 9.18. The van der Waals surface area contributed by atoms with Crippen molar-refractivity contribution < 1.29 is 14.4 Å². The predicted molar refractivity (Wildman–Crippen MR) is 112 cm³/mol. The molecule has 0 unspecified atom stereocenters. The van der Waals surface area contributed by atoms with Crippen molar-refractivity contribution in [2.75, 3.05) is 16.8 Å². The molecule has 4 aliphatic rings. The predicted octanol–water partition coefficient (Wildman–Crippen LogP) is 3.42. The molecule has 1 spiro atoms. The van der Waals surface area contributed by atoms with Crippen LogP contribution < -0.4 is 10.2 Å². The number of carbonyl (C=O) groups excluding carboxylic acids is 3. The molecule has 6 nitrogen and oxygen atoms in total. The van der Waals surface area contributed by atoms with E-state index in [0.29, 0.717) is 33.5 Å². The summed E-state index contributed by atoms with van der Waals surface area (Å²) < 4.78 is 0. The van der Waals surface area contributed by atoms with Crippen LogP contribution in [-0.4, -0.2) is 35.2 Å². The highest BCUT2D eigenvalue weighted by atomic mass is 35.5. The van der Waals surface area contributed by atoms with Gasteiger partial charge >= 0.3 is 0 Å². The number of hydrogen-bond donors (Lipinski definition) is 1. The Bertz CT molecular complexity index is 1130. The fourth-order valence-corrected chi connectivity index (χ4v) is 6.32. The van der Waals surface area contributed by atoms with Crippen LogP contribution in [0.5, 0.6) is 0 Å². The molecule has 0 saturated carbocycles. The summed E-state index contributed by atoms with van der Waals surface area (Å²) in [5.41, 5.74) is 0.618. The van der Waals surface area contributed by atoms with Crippen molar-refractivity contribution in [2.45, 2.75) is 24.4 Å². The van der Waals surface area contributed by atoms with Crippen LogP contribution >= 0.6 is 23.2 Å². The minimum atomic E-state index is -1.21. The van der Waals surface area contributed by atoms with E-state index in [4.69, 9.17) is 23.2 Å². The van der Waals surface area contributed by atoms with Crippen molar-refractivity contribution in [1.82, 2.24) is 4.90 Å². The van der Waals surface area contributed by atoms with Crippen molar-refractivity contribution in [3.05, 3.63) is 58.1 Å². The van der Waals surface area contributed by atoms with Crippen LogP contribution in [0.15, 0.2) is 42.5 Å². The van der Waals surface area contributed by atoms with Crippen LogP contribution in [0.1, 0.15) is 18.4 Å². The molecule has 0 radical (unpaired) electrons. The second kappa shape index (κ2) is 6.06. The maximum absolute atomic E-state index is 13.7. The third-order valence-electron chi connectivity index (χ3n) is 7.04. The number of fused-ring (bicyclic) bond motifs is 7. The standard InChI is InChI=1S/C22H17Cl2N3O3/c23-11-3-6-13(7-4-11)27-19(28)17-16-2-1-9-26(16)22(18(17)20(27)29)14-10-12(24)5-8-15(14)25-21(22)30/h3-8,10,16-18H,1-2,9H2,(H,25,30)/t16-,17+,18+,22+/m1/s1. The lowest BCUT2D eigenvalue weighted by Crippen LogP contribution is -2.54. The number of hydrogen-bond acceptors (Lipinski definition) is 4. The monoisotopic (exact) mass is 441 g/mol. The van der Waals surface area contributed by atoms with Gasteiger partial charge in [-0.15, -0.1) is 0 Å². The van der Waals surface area contributed by atoms with Crippen LogP contribution in [0.4, 0.5) is 11.4 Å². The summed E-state index contributed by atoms with van der Waals surface area (Å²) >= 11 is 12.3. The minimum absolute atomic E-state index is 0.153. The maximum atomic E-state index is 13.7. The number of nitrogens with one attached hydrogen (secondary N) is 1. The quantitative estimate of drug-likeness (QED) is 0.688. The molecule has 8 heteroatoms. The fourth-order valence-electron chi connectivity index (χ4n) is 6.02.